The van der Waals surface area contributed by atoms with Crippen molar-refractivity contribution in [1.29, 1.82) is 0 Å². The van der Waals surface area contributed by atoms with Crippen LogP contribution in [0.5, 0.6) is 0 Å². The Morgan fingerprint density at radius 2 is 0.701 bits per heavy atom. The molecule has 0 heterocycles. The maximum absolute atomic E-state index is 12.5. The predicted molar refractivity (Wildman–Crippen MR) is 292 cm³/mol. The second kappa shape index (κ2) is 56.9. The number of aliphatic hydroxyl groups excluding tert-OH is 2. The summed E-state index contributed by atoms with van der Waals surface area (Å²) in [6.07, 6.45) is 68.8. The second-order valence-electron chi connectivity index (χ2n) is 20.7. The zero-order chi connectivity index (χ0) is 48.6. The van der Waals surface area contributed by atoms with Crippen LogP contribution in [0.25, 0.3) is 0 Å². The van der Waals surface area contributed by atoms with Gasteiger partial charge < -0.3 is 20.3 Å². The van der Waals surface area contributed by atoms with Crippen LogP contribution in [0.15, 0.2) is 24.3 Å². The maximum atomic E-state index is 12.5. The molecule has 0 saturated carbocycles. The number of amides is 1. The molecule has 0 fully saturated rings. The highest BCUT2D eigenvalue weighted by atomic mass is 16.5. The number of carbonyl (C=O) groups is 2. The highest BCUT2D eigenvalue weighted by Crippen LogP contribution is 2.17. The van der Waals surface area contributed by atoms with E-state index in [1.54, 1.807) is 0 Å². The van der Waals surface area contributed by atoms with Gasteiger partial charge in [0.2, 0.25) is 5.91 Å². The predicted octanol–water partition coefficient (Wildman–Crippen LogP) is 18.6. The van der Waals surface area contributed by atoms with Gasteiger partial charge in [0.1, 0.15) is 0 Å². The maximum Gasteiger partial charge on any atom is 0.305 e. The SMILES string of the molecule is CCCCCCCC/C=C\CCCCCCCC(=O)OCCCCCCCCC/C=C\CCCCCCCC(=O)NC(CO)C(O)CCCCCCCCCCCCCCCCCCCCC. The molecule has 3 N–H and O–H groups in total. The van der Waals surface area contributed by atoms with E-state index in [4.69, 9.17) is 4.74 Å². The van der Waals surface area contributed by atoms with Gasteiger partial charge in [0.25, 0.3) is 0 Å². The molecule has 0 saturated heterocycles. The average Bonchev–Trinajstić information content (AvgIpc) is 3.33. The highest BCUT2D eigenvalue weighted by Gasteiger charge is 2.20. The monoisotopic (exact) mass is 944 g/mol. The lowest BCUT2D eigenvalue weighted by Gasteiger charge is -2.22. The molecule has 6 nitrogen and oxygen atoms in total. The lowest BCUT2D eigenvalue weighted by atomic mass is 10.0. The third kappa shape index (κ3) is 53.5. The number of hydrogen-bond donors (Lipinski definition) is 3. The number of ether oxygens (including phenoxy) is 1. The quantitative estimate of drug-likeness (QED) is 0.0321. The van der Waals surface area contributed by atoms with Crippen LogP contribution in [-0.4, -0.2) is 47.4 Å². The number of nitrogens with one attached hydrogen (secondary N) is 1. The molecular weight excluding hydrogens is 827 g/mol. The minimum atomic E-state index is -0.675. The van der Waals surface area contributed by atoms with Gasteiger partial charge in [0.05, 0.1) is 25.4 Å². The fraction of sp³-hybridized carbons (Fsp3) is 0.902. The Hall–Kier alpha value is -1.66. The van der Waals surface area contributed by atoms with Crippen LogP contribution >= 0.6 is 0 Å². The summed E-state index contributed by atoms with van der Waals surface area (Å²) < 4.78 is 5.47. The first-order valence-corrected chi connectivity index (χ1v) is 30.1. The van der Waals surface area contributed by atoms with E-state index in [-0.39, 0.29) is 18.5 Å². The van der Waals surface area contributed by atoms with Gasteiger partial charge in [-0.3, -0.25) is 9.59 Å². The molecule has 1 amide bonds. The molecule has 0 aliphatic heterocycles. The van der Waals surface area contributed by atoms with E-state index in [0.717, 1.165) is 64.2 Å². The van der Waals surface area contributed by atoms with Crippen molar-refractivity contribution in [2.75, 3.05) is 13.2 Å². The van der Waals surface area contributed by atoms with Gasteiger partial charge in [-0.1, -0.05) is 263 Å². The zero-order valence-electron chi connectivity index (χ0n) is 45.1. The molecule has 0 radical (unpaired) electrons. The Kier molecular flexibility index (Phi) is 55.5. The van der Waals surface area contributed by atoms with E-state index < -0.39 is 12.1 Å². The lowest BCUT2D eigenvalue weighted by Crippen LogP contribution is -2.45. The number of allylic oxidation sites excluding steroid dienone is 4. The second-order valence-corrected chi connectivity index (χ2v) is 20.7. The smallest absolute Gasteiger partial charge is 0.305 e. The van der Waals surface area contributed by atoms with Crippen LogP contribution in [0.4, 0.5) is 0 Å². The van der Waals surface area contributed by atoms with E-state index >= 15 is 0 Å². The van der Waals surface area contributed by atoms with Gasteiger partial charge in [-0.05, 0) is 77.0 Å². The summed E-state index contributed by atoms with van der Waals surface area (Å²) >= 11 is 0. The molecule has 0 rings (SSSR count). The standard InChI is InChI=1S/C61H117NO5/c1-3-5-7-9-11-13-15-17-19-20-21-22-26-29-33-37-41-45-49-53-59(64)58(57-63)62-60(65)54-50-46-42-38-34-30-27-23-24-28-32-36-40-44-48-52-56-67-61(66)55-51-47-43-39-35-31-25-18-16-14-12-10-8-6-4-2/h18,23,25,27,58-59,63-64H,3-17,19-22,24,26,28-57H2,1-2H3,(H,62,65)/b25-18-,27-23-. The number of aliphatic hydroxyl groups is 2. The molecular formula is C61H117NO5. The van der Waals surface area contributed by atoms with E-state index in [2.05, 4.69) is 43.5 Å². The van der Waals surface area contributed by atoms with Crippen molar-refractivity contribution in [2.45, 2.75) is 341 Å². The van der Waals surface area contributed by atoms with Crippen molar-refractivity contribution >= 4 is 11.9 Å². The molecule has 67 heavy (non-hydrogen) atoms. The third-order valence-electron chi connectivity index (χ3n) is 14.0. The molecule has 396 valence electrons. The number of hydrogen-bond acceptors (Lipinski definition) is 5. The van der Waals surface area contributed by atoms with Crippen molar-refractivity contribution in [2.24, 2.45) is 0 Å². The Balaban J connectivity index is 3.46. The lowest BCUT2D eigenvalue weighted by molar-refractivity contribution is -0.143. The summed E-state index contributed by atoms with van der Waals surface area (Å²) in [4.78, 5) is 24.5. The summed E-state index contributed by atoms with van der Waals surface area (Å²) in [5.74, 6) is -0.0599. The summed E-state index contributed by atoms with van der Waals surface area (Å²) in [5, 5.41) is 23.3. The number of carbonyl (C=O) groups excluding carboxylic acids is 2. The van der Waals surface area contributed by atoms with Crippen molar-refractivity contribution < 1.29 is 24.5 Å². The van der Waals surface area contributed by atoms with Crippen molar-refractivity contribution in [3.8, 4) is 0 Å². The topological polar surface area (TPSA) is 95.9 Å². The molecule has 2 atom stereocenters. The molecule has 0 aliphatic carbocycles. The largest absolute Gasteiger partial charge is 0.466 e. The number of unbranched alkanes of at least 4 members (excludes halogenated alkanes) is 41. The molecule has 0 aromatic heterocycles. The number of rotatable bonds is 56. The van der Waals surface area contributed by atoms with E-state index in [9.17, 15) is 19.8 Å². The van der Waals surface area contributed by atoms with Crippen LogP contribution in [0.1, 0.15) is 328 Å². The van der Waals surface area contributed by atoms with Crippen molar-refractivity contribution in [3.63, 3.8) is 0 Å². The highest BCUT2D eigenvalue weighted by molar-refractivity contribution is 5.76. The first-order chi connectivity index (χ1) is 33.0. The van der Waals surface area contributed by atoms with E-state index in [0.29, 0.717) is 25.9 Å². The van der Waals surface area contributed by atoms with E-state index in [1.165, 1.54) is 231 Å². The molecule has 6 heteroatoms. The minimum Gasteiger partial charge on any atom is -0.466 e. The van der Waals surface area contributed by atoms with Gasteiger partial charge in [-0.25, -0.2) is 0 Å². The minimum absolute atomic E-state index is 0.0102. The molecule has 0 aliphatic rings. The van der Waals surface area contributed by atoms with Crippen LogP contribution < -0.4 is 5.32 Å². The summed E-state index contributed by atoms with van der Waals surface area (Å²) in [7, 11) is 0. The van der Waals surface area contributed by atoms with Gasteiger partial charge >= 0.3 is 5.97 Å². The zero-order valence-corrected chi connectivity index (χ0v) is 45.1. The third-order valence-corrected chi connectivity index (χ3v) is 14.0. The molecule has 0 aromatic rings. The first-order valence-electron chi connectivity index (χ1n) is 30.1. The Morgan fingerprint density at radius 3 is 1.06 bits per heavy atom. The van der Waals surface area contributed by atoms with Gasteiger partial charge in [0.15, 0.2) is 0 Å². The fourth-order valence-electron chi connectivity index (χ4n) is 9.34. The Labute approximate surface area is 418 Å². The van der Waals surface area contributed by atoms with Gasteiger partial charge in [-0.15, -0.1) is 0 Å². The summed E-state index contributed by atoms with van der Waals surface area (Å²) in [5.41, 5.74) is 0. The van der Waals surface area contributed by atoms with E-state index in [1.807, 2.05) is 0 Å². The van der Waals surface area contributed by atoms with Crippen molar-refractivity contribution in [1.82, 2.24) is 5.32 Å². The first kappa shape index (κ1) is 65.3. The van der Waals surface area contributed by atoms with Crippen LogP contribution in [0.3, 0.4) is 0 Å². The van der Waals surface area contributed by atoms with Crippen LogP contribution in [-0.2, 0) is 14.3 Å². The Morgan fingerprint density at radius 1 is 0.403 bits per heavy atom. The summed E-state index contributed by atoms with van der Waals surface area (Å²) in [6.45, 7) is 4.94. The normalized spacial score (nSPS) is 12.7. The molecule has 2 unspecified atom stereocenters. The van der Waals surface area contributed by atoms with Crippen LogP contribution in [0, 0.1) is 0 Å². The fourth-order valence-corrected chi connectivity index (χ4v) is 9.34. The van der Waals surface area contributed by atoms with Gasteiger partial charge in [0, 0.05) is 12.8 Å². The molecule has 0 spiro atoms. The van der Waals surface area contributed by atoms with Crippen molar-refractivity contribution in [3.05, 3.63) is 24.3 Å². The molecule has 0 aromatic carbocycles. The number of esters is 1. The van der Waals surface area contributed by atoms with Crippen LogP contribution in [0.2, 0.25) is 0 Å². The van der Waals surface area contributed by atoms with Gasteiger partial charge in [-0.2, -0.15) is 0 Å². The molecule has 0 bridgehead atoms. The average molecular weight is 945 g/mol. The summed E-state index contributed by atoms with van der Waals surface area (Å²) in [6, 6.07) is -0.554. The Bertz CT molecular complexity index is 1040.